The zero-order valence-corrected chi connectivity index (χ0v) is 29.9. The van der Waals surface area contributed by atoms with Crippen molar-refractivity contribution in [3.63, 3.8) is 0 Å². The largest absolute Gasteiger partial charge is 0.493 e. The lowest BCUT2D eigenvalue weighted by Gasteiger charge is -2.37. The number of aromatic nitrogens is 6. The molecule has 2 unspecified atom stereocenters. The van der Waals surface area contributed by atoms with E-state index >= 15 is 0 Å². The summed E-state index contributed by atoms with van der Waals surface area (Å²) in [5.41, 5.74) is 3.14. The average molecular weight is 681 g/mol. The van der Waals surface area contributed by atoms with Crippen LogP contribution in [-0.4, -0.2) is 74.8 Å². The standard InChI is InChI=1S/C31H40N8O3.C6H6.C2H6/c1-3-25(4-2)39-31(40)37(23-34-39)28-7-5-26(6-8-28)35-15-17-36(18-16-35)27-9-11-29(12-10-27)41-21-24-19-30(42-22-24)20-38-32-13-14-33-38;1-2-4-6-5-3-1;1-2/h5-14,23-25,30H,3-4,15-22H2,1-2H3;1-6H;1-2H3. The van der Waals surface area contributed by atoms with Crippen LogP contribution in [0.25, 0.3) is 5.69 Å². The van der Waals surface area contributed by atoms with E-state index in [-0.39, 0.29) is 17.8 Å². The number of piperazine rings is 1. The molecule has 4 heterocycles. The van der Waals surface area contributed by atoms with E-state index in [4.69, 9.17) is 9.47 Å². The van der Waals surface area contributed by atoms with Crippen molar-refractivity contribution >= 4 is 11.4 Å². The summed E-state index contributed by atoms with van der Waals surface area (Å²) in [7, 11) is 0. The third-order valence-electron chi connectivity index (χ3n) is 9.11. The monoisotopic (exact) mass is 680 g/mol. The van der Waals surface area contributed by atoms with Gasteiger partial charge in [-0.25, -0.2) is 14.0 Å². The molecule has 2 saturated heterocycles. The Balaban J connectivity index is 0.000000543. The molecule has 0 N–H and O–H groups in total. The molecule has 2 aliphatic heterocycles. The molecule has 266 valence electrons. The Morgan fingerprint density at radius 1 is 0.760 bits per heavy atom. The highest BCUT2D eigenvalue weighted by molar-refractivity contribution is 5.54. The van der Waals surface area contributed by atoms with E-state index < -0.39 is 0 Å². The highest BCUT2D eigenvalue weighted by atomic mass is 16.5. The molecule has 2 aliphatic rings. The fourth-order valence-electron chi connectivity index (χ4n) is 6.32. The van der Waals surface area contributed by atoms with Crippen LogP contribution >= 0.6 is 0 Å². The maximum absolute atomic E-state index is 12.9. The Morgan fingerprint density at radius 3 is 1.82 bits per heavy atom. The van der Waals surface area contributed by atoms with Crippen molar-refractivity contribution in [1.82, 2.24) is 29.3 Å². The van der Waals surface area contributed by atoms with Crippen LogP contribution in [-0.2, 0) is 11.3 Å². The molecular formula is C39H52N8O3. The van der Waals surface area contributed by atoms with Crippen LogP contribution in [0.1, 0.15) is 53.0 Å². The normalized spacial score (nSPS) is 17.1. The van der Waals surface area contributed by atoms with Gasteiger partial charge in [0.05, 0.1) is 50.0 Å². The zero-order chi connectivity index (χ0) is 35.1. The molecule has 5 aromatic rings. The SMILES string of the molecule is CC.CCC(CC)n1ncn(-c2ccc(N3CCN(c4ccc(OCC5COC(Cn6nccn6)C5)cc4)CC3)cc2)c1=O.c1ccccc1. The van der Waals surface area contributed by atoms with Gasteiger partial charge in [0.25, 0.3) is 0 Å². The first-order valence-electron chi connectivity index (χ1n) is 18.1. The number of hydrogen-bond acceptors (Lipinski definition) is 8. The molecular weight excluding hydrogens is 628 g/mol. The van der Waals surface area contributed by atoms with Gasteiger partial charge in [0.15, 0.2) is 0 Å². The van der Waals surface area contributed by atoms with Gasteiger partial charge in [-0.1, -0.05) is 64.1 Å². The summed E-state index contributed by atoms with van der Waals surface area (Å²) in [6, 6.07) is 28.8. The van der Waals surface area contributed by atoms with Crippen LogP contribution in [0, 0.1) is 5.92 Å². The second-order valence-electron chi connectivity index (χ2n) is 12.3. The van der Waals surface area contributed by atoms with Gasteiger partial charge in [-0.2, -0.15) is 20.1 Å². The lowest BCUT2D eigenvalue weighted by molar-refractivity contribution is 0.0844. The van der Waals surface area contributed by atoms with Crippen molar-refractivity contribution in [2.75, 3.05) is 49.2 Å². The molecule has 2 fully saturated rings. The number of ether oxygens (including phenoxy) is 2. The highest BCUT2D eigenvalue weighted by Crippen LogP contribution is 2.26. The summed E-state index contributed by atoms with van der Waals surface area (Å²) in [6.07, 6.45) is 7.88. The molecule has 0 aliphatic carbocycles. The van der Waals surface area contributed by atoms with Gasteiger partial charge >= 0.3 is 5.69 Å². The van der Waals surface area contributed by atoms with Crippen LogP contribution in [0.4, 0.5) is 11.4 Å². The maximum Gasteiger partial charge on any atom is 0.350 e. The number of benzene rings is 3. The summed E-state index contributed by atoms with van der Waals surface area (Å²) in [5.74, 6) is 1.26. The summed E-state index contributed by atoms with van der Waals surface area (Å²) in [6.45, 7) is 14.0. The first-order chi connectivity index (χ1) is 24.6. The lowest BCUT2D eigenvalue weighted by atomic mass is 10.1. The molecule has 3 aromatic carbocycles. The van der Waals surface area contributed by atoms with Gasteiger partial charge in [0.1, 0.15) is 12.1 Å². The molecule has 2 atom stereocenters. The van der Waals surface area contributed by atoms with E-state index in [1.165, 1.54) is 11.4 Å². The van der Waals surface area contributed by atoms with Gasteiger partial charge in [0.2, 0.25) is 0 Å². The quantitative estimate of drug-likeness (QED) is 0.156. The van der Waals surface area contributed by atoms with Gasteiger partial charge in [-0.15, -0.1) is 0 Å². The van der Waals surface area contributed by atoms with E-state index in [0.29, 0.717) is 25.7 Å². The minimum atomic E-state index is -0.0816. The van der Waals surface area contributed by atoms with Gasteiger partial charge < -0.3 is 19.3 Å². The Bertz CT molecular complexity index is 1670. The van der Waals surface area contributed by atoms with Gasteiger partial charge in [0, 0.05) is 43.5 Å². The van der Waals surface area contributed by atoms with Gasteiger partial charge in [-0.3, -0.25) is 0 Å². The Morgan fingerprint density at radius 2 is 1.28 bits per heavy atom. The van der Waals surface area contributed by atoms with E-state index in [9.17, 15) is 4.79 Å². The van der Waals surface area contributed by atoms with Crippen molar-refractivity contribution in [3.05, 3.63) is 114 Å². The van der Waals surface area contributed by atoms with Crippen LogP contribution in [0.15, 0.2) is 108 Å². The van der Waals surface area contributed by atoms with E-state index in [2.05, 4.69) is 75.3 Å². The molecule has 0 spiro atoms. The highest BCUT2D eigenvalue weighted by Gasteiger charge is 2.27. The van der Waals surface area contributed by atoms with Crippen LogP contribution < -0.4 is 20.2 Å². The predicted octanol–water partition coefficient (Wildman–Crippen LogP) is 6.51. The first kappa shape index (κ1) is 36.4. The van der Waals surface area contributed by atoms with E-state index in [0.717, 1.165) is 56.9 Å². The van der Waals surface area contributed by atoms with Gasteiger partial charge in [-0.05, 0) is 67.8 Å². The molecule has 11 nitrogen and oxygen atoms in total. The van der Waals surface area contributed by atoms with Crippen LogP contribution in [0.5, 0.6) is 5.75 Å². The first-order valence-corrected chi connectivity index (χ1v) is 18.1. The minimum absolute atomic E-state index is 0.0816. The number of rotatable bonds is 11. The predicted molar refractivity (Wildman–Crippen MR) is 199 cm³/mol. The molecule has 2 aromatic heterocycles. The molecule has 50 heavy (non-hydrogen) atoms. The topological polar surface area (TPSA) is 95.5 Å². The summed E-state index contributed by atoms with van der Waals surface area (Å²) >= 11 is 0. The lowest BCUT2D eigenvalue weighted by Crippen LogP contribution is -2.46. The minimum Gasteiger partial charge on any atom is -0.493 e. The molecule has 0 radical (unpaired) electrons. The maximum atomic E-state index is 12.9. The Labute approximate surface area is 296 Å². The van der Waals surface area contributed by atoms with Crippen LogP contribution in [0.3, 0.4) is 0 Å². The summed E-state index contributed by atoms with van der Waals surface area (Å²) in [5, 5.41) is 12.7. The van der Waals surface area contributed by atoms with Crippen molar-refractivity contribution in [3.8, 4) is 11.4 Å². The summed E-state index contributed by atoms with van der Waals surface area (Å²) in [4.78, 5) is 19.4. The Kier molecular flexibility index (Phi) is 13.6. The van der Waals surface area contributed by atoms with Crippen molar-refractivity contribution in [1.29, 1.82) is 0 Å². The second kappa shape index (κ2) is 18.7. The molecule has 11 heteroatoms. The number of hydrogen-bond donors (Lipinski definition) is 0. The Hall–Kier alpha value is -4.90. The fraction of sp³-hybridized carbons (Fsp3) is 0.436. The third kappa shape index (κ3) is 9.62. The van der Waals surface area contributed by atoms with Crippen molar-refractivity contribution in [2.45, 2.75) is 65.6 Å². The smallest absolute Gasteiger partial charge is 0.350 e. The average Bonchev–Trinajstić information content (AvgIpc) is 3.96. The van der Waals surface area contributed by atoms with E-state index in [1.807, 2.05) is 62.4 Å². The third-order valence-corrected chi connectivity index (χ3v) is 9.11. The van der Waals surface area contributed by atoms with Crippen molar-refractivity contribution < 1.29 is 9.47 Å². The second-order valence-corrected chi connectivity index (χ2v) is 12.3. The number of nitrogens with zero attached hydrogens (tertiary/aromatic N) is 8. The summed E-state index contributed by atoms with van der Waals surface area (Å²) < 4.78 is 15.2. The molecule has 7 rings (SSSR count). The number of anilines is 2. The van der Waals surface area contributed by atoms with Crippen molar-refractivity contribution in [2.24, 2.45) is 5.92 Å². The molecule has 0 saturated carbocycles. The fourth-order valence-corrected chi connectivity index (χ4v) is 6.32. The molecule has 0 bridgehead atoms. The van der Waals surface area contributed by atoms with Crippen LogP contribution in [0.2, 0.25) is 0 Å². The van der Waals surface area contributed by atoms with E-state index in [1.54, 1.807) is 32.8 Å². The molecule has 0 amide bonds. The zero-order valence-electron chi connectivity index (χ0n) is 29.9.